The molecule has 1 saturated heterocycles. The Morgan fingerprint density at radius 1 is 1.10 bits per heavy atom. The Labute approximate surface area is 181 Å². The molecule has 0 spiro atoms. The summed E-state index contributed by atoms with van der Waals surface area (Å²) in [6, 6.07) is 4.28. The molecule has 5 nitrogen and oxygen atoms in total. The van der Waals surface area contributed by atoms with E-state index in [-0.39, 0.29) is 34.3 Å². The van der Waals surface area contributed by atoms with Gasteiger partial charge in [-0.3, -0.25) is 14.4 Å². The second-order valence-corrected chi connectivity index (χ2v) is 9.61. The summed E-state index contributed by atoms with van der Waals surface area (Å²) in [5.41, 5.74) is 0.460. The van der Waals surface area contributed by atoms with E-state index in [9.17, 15) is 14.4 Å². The largest absolute Gasteiger partial charge is 0.341 e. The number of rotatable bonds is 6. The van der Waals surface area contributed by atoms with Gasteiger partial charge in [-0.2, -0.15) is 0 Å². The van der Waals surface area contributed by atoms with E-state index in [4.69, 9.17) is 0 Å². The third-order valence-electron chi connectivity index (χ3n) is 6.70. The number of halogens is 1. The zero-order valence-corrected chi connectivity index (χ0v) is 18.2. The first-order valence-electron chi connectivity index (χ1n) is 11.0. The molecule has 1 N–H and O–H groups in total. The topological polar surface area (TPSA) is 66.5 Å². The van der Waals surface area contributed by atoms with Crippen molar-refractivity contribution in [1.29, 1.82) is 0 Å². The Bertz CT molecular complexity index is 830. The Balaban J connectivity index is 1.45. The van der Waals surface area contributed by atoms with Gasteiger partial charge in [-0.15, -0.1) is 0 Å². The van der Waals surface area contributed by atoms with Crippen LogP contribution in [0.2, 0.25) is 0 Å². The minimum absolute atomic E-state index is 0.0193. The van der Waals surface area contributed by atoms with Gasteiger partial charge in [-0.1, -0.05) is 43.2 Å². The molecule has 2 saturated carbocycles. The molecule has 162 valence electrons. The first kappa shape index (κ1) is 21.3. The Hall–Kier alpha value is -1.89. The van der Waals surface area contributed by atoms with Crippen molar-refractivity contribution in [3.8, 4) is 0 Å². The van der Waals surface area contributed by atoms with Crippen LogP contribution in [-0.2, 0) is 9.59 Å². The minimum atomic E-state index is -0.578. The fourth-order valence-electron chi connectivity index (χ4n) is 4.67. The lowest BCUT2D eigenvalue weighted by atomic mass is 9.84. The molecule has 1 atom stereocenters. The van der Waals surface area contributed by atoms with Crippen LogP contribution in [0.25, 0.3) is 0 Å². The lowest BCUT2D eigenvalue weighted by molar-refractivity contribution is -0.137. The molecular weight excluding hydrogens is 403 g/mol. The molecule has 1 heterocycles. The highest BCUT2D eigenvalue weighted by Crippen LogP contribution is 2.37. The van der Waals surface area contributed by atoms with Crippen molar-refractivity contribution in [3.63, 3.8) is 0 Å². The third kappa shape index (κ3) is 4.41. The van der Waals surface area contributed by atoms with E-state index in [1.54, 1.807) is 23.3 Å². The molecule has 0 bridgehead atoms. The molecule has 0 unspecified atom stereocenters. The number of thioether (sulfide) groups is 1. The van der Waals surface area contributed by atoms with Gasteiger partial charge in [0.2, 0.25) is 11.0 Å². The third-order valence-corrected chi connectivity index (χ3v) is 7.35. The van der Waals surface area contributed by atoms with Crippen LogP contribution in [0, 0.1) is 17.7 Å². The quantitative estimate of drug-likeness (QED) is 0.744. The number of benzene rings is 1. The molecule has 4 rings (SSSR count). The second-order valence-electron chi connectivity index (χ2n) is 8.80. The number of nitrogens with one attached hydrogen (secondary N) is 1. The number of likely N-dealkylation sites (tertiary alicyclic amines) is 1. The maximum absolute atomic E-state index is 15.2. The molecule has 3 aliphatic rings. The monoisotopic (exact) mass is 432 g/mol. The predicted molar refractivity (Wildman–Crippen MR) is 115 cm³/mol. The van der Waals surface area contributed by atoms with Crippen LogP contribution in [0.5, 0.6) is 0 Å². The summed E-state index contributed by atoms with van der Waals surface area (Å²) in [6.45, 7) is 1.01. The van der Waals surface area contributed by atoms with Gasteiger partial charge < -0.3 is 10.2 Å². The zero-order chi connectivity index (χ0) is 21.3. The zero-order valence-electron chi connectivity index (χ0n) is 17.4. The lowest BCUT2D eigenvalue weighted by Crippen LogP contribution is -2.49. The van der Waals surface area contributed by atoms with Crippen molar-refractivity contribution in [1.82, 2.24) is 10.2 Å². The number of hydrogen-bond donors (Lipinski definition) is 1. The summed E-state index contributed by atoms with van der Waals surface area (Å²) in [7, 11) is 0. The number of hydrogen-bond acceptors (Lipinski definition) is 4. The van der Waals surface area contributed by atoms with Gasteiger partial charge in [-0.25, -0.2) is 4.39 Å². The summed E-state index contributed by atoms with van der Waals surface area (Å²) in [5, 5.41) is 2.76. The molecule has 30 heavy (non-hydrogen) atoms. The molecular formula is C23H29FN2O3S. The first-order chi connectivity index (χ1) is 14.5. The summed E-state index contributed by atoms with van der Waals surface area (Å²) < 4.78 is 15.2. The average Bonchev–Trinajstić information content (AvgIpc) is 3.57. The van der Waals surface area contributed by atoms with Crippen molar-refractivity contribution >= 4 is 28.7 Å². The van der Waals surface area contributed by atoms with Gasteiger partial charge in [0.1, 0.15) is 11.9 Å². The van der Waals surface area contributed by atoms with E-state index >= 15 is 4.39 Å². The maximum Gasteiger partial charge on any atom is 0.254 e. The fourth-order valence-corrected chi connectivity index (χ4v) is 5.17. The van der Waals surface area contributed by atoms with Gasteiger partial charge >= 0.3 is 0 Å². The van der Waals surface area contributed by atoms with Crippen LogP contribution >= 0.6 is 11.8 Å². The first-order valence-corrected chi connectivity index (χ1v) is 12.2. The normalized spacial score (nSPS) is 21.1. The summed E-state index contributed by atoms with van der Waals surface area (Å²) in [6.07, 6.45) is 8.72. The van der Waals surface area contributed by atoms with E-state index in [1.165, 1.54) is 6.07 Å². The molecule has 2 amide bonds. The van der Waals surface area contributed by atoms with Crippen LogP contribution < -0.4 is 5.32 Å². The highest BCUT2D eigenvalue weighted by Gasteiger charge is 2.40. The summed E-state index contributed by atoms with van der Waals surface area (Å²) in [4.78, 5) is 39.3. The van der Waals surface area contributed by atoms with Gasteiger partial charge in [0.05, 0.1) is 5.56 Å². The number of carbonyl (C=O) groups is 3. The predicted octanol–water partition coefficient (Wildman–Crippen LogP) is 3.73. The van der Waals surface area contributed by atoms with E-state index in [0.29, 0.717) is 18.7 Å². The van der Waals surface area contributed by atoms with E-state index in [2.05, 4.69) is 5.32 Å². The standard InChI is InChI=1S/C23H29FN2O3S/c1-30-23(29)20(14-6-3-2-4-7-14)25-21(27)18-9-5-8-17(19(18)24)16-12-26(13-16)22(28)15-10-11-15/h5,8-9,14-16,20H,2-4,6-7,10-13H2,1H3,(H,25,27)/t20-/m1/s1. The van der Waals surface area contributed by atoms with Crippen LogP contribution in [0.1, 0.15) is 66.8 Å². The van der Waals surface area contributed by atoms with Crippen molar-refractivity contribution in [2.75, 3.05) is 19.3 Å². The van der Waals surface area contributed by atoms with Crippen molar-refractivity contribution in [2.24, 2.45) is 11.8 Å². The van der Waals surface area contributed by atoms with Gasteiger partial charge in [-0.05, 0) is 49.5 Å². The number of nitrogens with zero attached hydrogens (tertiary/aromatic N) is 1. The molecule has 7 heteroatoms. The molecule has 0 radical (unpaired) electrons. The number of carbonyl (C=O) groups excluding carboxylic acids is 3. The van der Waals surface area contributed by atoms with Crippen molar-refractivity contribution < 1.29 is 18.8 Å². The number of amides is 2. The van der Waals surface area contributed by atoms with Crippen LogP contribution in [0.3, 0.4) is 0 Å². The smallest absolute Gasteiger partial charge is 0.254 e. The summed E-state index contributed by atoms with van der Waals surface area (Å²) in [5.74, 6) is -0.690. The lowest BCUT2D eigenvalue weighted by Gasteiger charge is -2.40. The molecule has 3 fully saturated rings. The Morgan fingerprint density at radius 3 is 2.43 bits per heavy atom. The van der Waals surface area contributed by atoms with E-state index in [0.717, 1.165) is 56.7 Å². The van der Waals surface area contributed by atoms with Crippen molar-refractivity contribution in [2.45, 2.75) is 56.9 Å². The maximum atomic E-state index is 15.2. The second kappa shape index (κ2) is 9.08. The fraction of sp³-hybridized carbons (Fsp3) is 0.609. The average molecular weight is 433 g/mol. The molecule has 1 aromatic rings. The minimum Gasteiger partial charge on any atom is -0.341 e. The SMILES string of the molecule is CSC(=O)[C@H](NC(=O)c1cccc(C2CN(C(=O)C3CC3)C2)c1F)C1CCCCC1. The molecule has 1 aromatic carbocycles. The van der Waals surface area contributed by atoms with Gasteiger partial charge in [0.25, 0.3) is 5.91 Å². The summed E-state index contributed by atoms with van der Waals surface area (Å²) >= 11 is 1.11. The van der Waals surface area contributed by atoms with Gasteiger partial charge in [0.15, 0.2) is 0 Å². The molecule has 1 aliphatic heterocycles. The van der Waals surface area contributed by atoms with Crippen molar-refractivity contribution in [3.05, 3.63) is 35.1 Å². The Kier molecular flexibility index (Phi) is 6.46. The van der Waals surface area contributed by atoms with Crippen LogP contribution in [0.15, 0.2) is 18.2 Å². The highest BCUT2D eigenvalue weighted by molar-refractivity contribution is 8.13. The van der Waals surface area contributed by atoms with Crippen LogP contribution in [0.4, 0.5) is 4.39 Å². The van der Waals surface area contributed by atoms with E-state index < -0.39 is 17.8 Å². The van der Waals surface area contributed by atoms with E-state index in [1.807, 2.05) is 0 Å². The molecule has 2 aliphatic carbocycles. The van der Waals surface area contributed by atoms with Crippen LogP contribution in [-0.4, -0.2) is 47.2 Å². The highest BCUT2D eigenvalue weighted by atomic mass is 32.2. The molecule has 0 aromatic heterocycles. The Morgan fingerprint density at radius 2 is 1.80 bits per heavy atom. The van der Waals surface area contributed by atoms with Gasteiger partial charge in [0, 0.05) is 24.9 Å².